The Bertz CT molecular complexity index is 700. The maximum absolute atomic E-state index is 13.6. The summed E-state index contributed by atoms with van der Waals surface area (Å²) < 4.78 is 18.9. The predicted octanol–water partition coefficient (Wildman–Crippen LogP) is 2.79. The number of thiocarbonyl (C=S) groups is 1. The Morgan fingerprint density at radius 2 is 1.81 bits per heavy atom. The molecular formula is C18H25FN4O3S. The number of rotatable bonds is 2. The van der Waals surface area contributed by atoms with Crippen molar-refractivity contribution in [2.24, 2.45) is 5.92 Å². The molecule has 7 nitrogen and oxygen atoms in total. The highest BCUT2D eigenvalue weighted by molar-refractivity contribution is 7.80. The molecule has 1 saturated heterocycles. The van der Waals surface area contributed by atoms with E-state index in [-0.39, 0.29) is 28.7 Å². The number of piperidine rings is 1. The van der Waals surface area contributed by atoms with Crippen LogP contribution in [0.2, 0.25) is 0 Å². The molecule has 0 atom stereocenters. The van der Waals surface area contributed by atoms with E-state index in [0.717, 1.165) is 0 Å². The van der Waals surface area contributed by atoms with Crippen molar-refractivity contribution < 1.29 is 18.7 Å². The van der Waals surface area contributed by atoms with Crippen LogP contribution in [0.3, 0.4) is 0 Å². The molecular weight excluding hydrogens is 371 g/mol. The lowest BCUT2D eigenvalue weighted by Gasteiger charge is -2.32. The van der Waals surface area contributed by atoms with Gasteiger partial charge in [-0.3, -0.25) is 15.6 Å². The van der Waals surface area contributed by atoms with Gasteiger partial charge < -0.3 is 15.0 Å². The molecule has 0 saturated carbocycles. The van der Waals surface area contributed by atoms with Crippen LogP contribution in [-0.4, -0.2) is 40.7 Å². The van der Waals surface area contributed by atoms with Crippen LogP contribution in [0.5, 0.6) is 0 Å². The van der Waals surface area contributed by atoms with Crippen molar-refractivity contribution in [3.63, 3.8) is 0 Å². The van der Waals surface area contributed by atoms with E-state index in [1.807, 2.05) is 20.8 Å². The zero-order valence-electron chi connectivity index (χ0n) is 15.7. The molecule has 1 aliphatic rings. The molecule has 0 radical (unpaired) electrons. The summed E-state index contributed by atoms with van der Waals surface area (Å²) in [6.07, 6.45) is 0.690. The summed E-state index contributed by atoms with van der Waals surface area (Å²) in [5.41, 5.74) is 4.77. The molecule has 1 aliphatic heterocycles. The summed E-state index contributed by atoms with van der Waals surface area (Å²) in [6, 6.07) is 6.09. The Hall–Kier alpha value is -2.42. The van der Waals surface area contributed by atoms with Crippen LogP contribution in [-0.2, 0) is 9.53 Å². The number of hydrogen-bond acceptors (Lipinski definition) is 4. The first-order valence-corrected chi connectivity index (χ1v) is 9.16. The fourth-order valence-electron chi connectivity index (χ4n) is 2.59. The van der Waals surface area contributed by atoms with Gasteiger partial charge in [-0.25, -0.2) is 9.18 Å². The molecule has 3 N–H and O–H groups in total. The molecule has 1 fully saturated rings. The number of halogens is 1. The largest absolute Gasteiger partial charge is 0.444 e. The minimum absolute atomic E-state index is 0.0830. The van der Waals surface area contributed by atoms with Gasteiger partial charge >= 0.3 is 6.09 Å². The van der Waals surface area contributed by atoms with E-state index in [0.29, 0.717) is 25.9 Å². The van der Waals surface area contributed by atoms with E-state index in [1.165, 1.54) is 12.1 Å². The molecule has 1 aromatic rings. The lowest BCUT2D eigenvalue weighted by Crippen LogP contribution is -2.49. The molecule has 0 aliphatic carbocycles. The summed E-state index contributed by atoms with van der Waals surface area (Å²) in [5.74, 6) is -0.911. The number of carbonyl (C=O) groups is 2. The zero-order chi connectivity index (χ0) is 20.0. The second kappa shape index (κ2) is 8.98. The van der Waals surface area contributed by atoms with Gasteiger partial charge in [0.15, 0.2) is 5.11 Å². The highest BCUT2D eigenvalue weighted by atomic mass is 32.1. The van der Waals surface area contributed by atoms with Crippen molar-refractivity contribution in [2.45, 2.75) is 39.2 Å². The number of amides is 2. The van der Waals surface area contributed by atoms with Crippen LogP contribution in [0.4, 0.5) is 14.9 Å². The van der Waals surface area contributed by atoms with Crippen molar-refractivity contribution >= 4 is 35.0 Å². The van der Waals surface area contributed by atoms with Crippen molar-refractivity contribution in [2.75, 3.05) is 18.4 Å². The molecule has 0 bridgehead atoms. The normalized spacial score (nSPS) is 15.0. The average Bonchev–Trinajstić information content (AvgIpc) is 2.60. The van der Waals surface area contributed by atoms with Crippen LogP contribution in [0, 0.1) is 11.7 Å². The van der Waals surface area contributed by atoms with Gasteiger partial charge in [-0.2, -0.15) is 0 Å². The summed E-state index contributed by atoms with van der Waals surface area (Å²) in [5, 5.41) is 2.76. The van der Waals surface area contributed by atoms with Crippen LogP contribution in [0.25, 0.3) is 0 Å². The third kappa shape index (κ3) is 6.67. The number of likely N-dealkylation sites (tertiary alicyclic amines) is 1. The third-order valence-corrected chi connectivity index (χ3v) is 4.14. The predicted molar refractivity (Wildman–Crippen MR) is 104 cm³/mol. The van der Waals surface area contributed by atoms with E-state index in [1.54, 1.807) is 17.0 Å². The minimum Gasteiger partial charge on any atom is -0.444 e. The van der Waals surface area contributed by atoms with Crippen LogP contribution in [0.15, 0.2) is 24.3 Å². The maximum atomic E-state index is 13.6. The second-order valence-electron chi connectivity index (χ2n) is 7.29. The standard InChI is InChI=1S/C18H25FN4O3S/c1-18(2,3)26-17(25)23-10-8-12(9-11-23)15(24)21-22-16(27)20-14-7-5-4-6-13(14)19/h4-7,12H,8-11H2,1-3H3,(H,21,24)(H2,20,22,27). The number of benzene rings is 1. The zero-order valence-corrected chi connectivity index (χ0v) is 16.5. The van der Waals surface area contributed by atoms with Gasteiger partial charge in [0.1, 0.15) is 11.4 Å². The SMILES string of the molecule is CC(C)(C)OC(=O)N1CCC(C(=O)NNC(=S)Nc2ccccc2F)CC1. The van der Waals surface area contributed by atoms with Gasteiger partial charge in [0.25, 0.3) is 0 Å². The van der Waals surface area contributed by atoms with Crippen molar-refractivity contribution in [3.8, 4) is 0 Å². The summed E-state index contributed by atoms with van der Waals surface area (Å²) in [6.45, 7) is 6.34. The number of anilines is 1. The van der Waals surface area contributed by atoms with Gasteiger partial charge in [-0.05, 0) is 58.0 Å². The Kier molecular flexibility index (Phi) is 6.95. The van der Waals surface area contributed by atoms with Crippen LogP contribution >= 0.6 is 12.2 Å². The van der Waals surface area contributed by atoms with Gasteiger partial charge in [0.2, 0.25) is 5.91 Å². The molecule has 0 spiro atoms. The molecule has 0 aromatic heterocycles. The number of nitrogens with one attached hydrogen (secondary N) is 3. The number of hydrogen-bond donors (Lipinski definition) is 3. The van der Waals surface area contributed by atoms with E-state index < -0.39 is 11.4 Å². The highest BCUT2D eigenvalue weighted by Crippen LogP contribution is 2.19. The van der Waals surface area contributed by atoms with Gasteiger partial charge in [0.05, 0.1) is 5.69 Å². The summed E-state index contributed by atoms with van der Waals surface area (Å²) >= 11 is 5.05. The molecule has 148 valence electrons. The smallest absolute Gasteiger partial charge is 0.410 e. The molecule has 1 heterocycles. The summed E-state index contributed by atoms with van der Waals surface area (Å²) in [4.78, 5) is 25.9. The van der Waals surface area contributed by atoms with Crippen LogP contribution in [0.1, 0.15) is 33.6 Å². The molecule has 27 heavy (non-hydrogen) atoms. The fraction of sp³-hybridized carbons (Fsp3) is 0.500. The topological polar surface area (TPSA) is 82.7 Å². The first-order chi connectivity index (χ1) is 12.7. The Morgan fingerprint density at radius 3 is 2.41 bits per heavy atom. The fourth-order valence-corrected chi connectivity index (χ4v) is 2.75. The second-order valence-corrected chi connectivity index (χ2v) is 7.70. The van der Waals surface area contributed by atoms with Crippen molar-refractivity contribution in [3.05, 3.63) is 30.1 Å². The average molecular weight is 396 g/mol. The van der Waals surface area contributed by atoms with E-state index in [2.05, 4.69) is 16.2 Å². The molecule has 0 unspecified atom stereocenters. The Labute approximate surface area is 163 Å². The lowest BCUT2D eigenvalue weighted by molar-refractivity contribution is -0.127. The van der Waals surface area contributed by atoms with Gasteiger partial charge in [-0.15, -0.1) is 0 Å². The van der Waals surface area contributed by atoms with Crippen molar-refractivity contribution in [1.82, 2.24) is 15.8 Å². The molecule has 1 aromatic carbocycles. The molecule has 2 amide bonds. The van der Waals surface area contributed by atoms with Gasteiger partial charge in [-0.1, -0.05) is 12.1 Å². The maximum Gasteiger partial charge on any atom is 0.410 e. The molecule has 9 heteroatoms. The number of ether oxygens (including phenoxy) is 1. The Balaban J connectivity index is 1.74. The van der Waals surface area contributed by atoms with E-state index >= 15 is 0 Å². The van der Waals surface area contributed by atoms with Gasteiger partial charge in [0, 0.05) is 19.0 Å². The lowest BCUT2D eigenvalue weighted by atomic mass is 9.96. The van der Waals surface area contributed by atoms with E-state index in [4.69, 9.17) is 17.0 Å². The first kappa shape index (κ1) is 20.9. The third-order valence-electron chi connectivity index (χ3n) is 3.94. The first-order valence-electron chi connectivity index (χ1n) is 8.75. The quantitative estimate of drug-likeness (QED) is 0.527. The van der Waals surface area contributed by atoms with Crippen molar-refractivity contribution in [1.29, 1.82) is 0 Å². The monoisotopic (exact) mass is 396 g/mol. The van der Waals surface area contributed by atoms with E-state index in [9.17, 15) is 14.0 Å². The van der Waals surface area contributed by atoms with Crippen LogP contribution < -0.4 is 16.2 Å². The summed E-state index contributed by atoms with van der Waals surface area (Å²) in [7, 11) is 0. The number of carbonyl (C=O) groups excluding carboxylic acids is 2. The number of nitrogens with zero attached hydrogens (tertiary/aromatic N) is 1. The molecule has 2 rings (SSSR count). The number of para-hydroxylation sites is 1. The minimum atomic E-state index is -0.545. The highest BCUT2D eigenvalue weighted by Gasteiger charge is 2.29. The number of hydrazine groups is 1. The Morgan fingerprint density at radius 1 is 1.19 bits per heavy atom.